The zero-order valence-electron chi connectivity index (χ0n) is 14.1. The van der Waals surface area contributed by atoms with Crippen LogP contribution in [0.3, 0.4) is 0 Å². The zero-order chi connectivity index (χ0) is 17.6. The maximum Gasteiger partial charge on any atom is 0.255 e. The van der Waals surface area contributed by atoms with Crippen molar-refractivity contribution in [2.45, 2.75) is 11.4 Å². The lowest BCUT2D eigenvalue weighted by Gasteiger charge is -2.10. The third-order valence-corrected chi connectivity index (χ3v) is 4.49. The van der Waals surface area contributed by atoms with E-state index in [2.05, 4.69) is 10.4 Å². The molecular formula is C19H19N3O2S. The summed E-state index contributed by atoms with van der Waals surface area (Å²) in [6.45, 7) is 0.402. The highest BCUT2D eigenvalue weighted by Crippen LogP contribution is 2.25. The van der Waals surface area contributed by atoms with Crippen molar-refractivity contribution in [3.05, 3.63) is 72.1 Å². The summed E-state index contributed by atoms with van der Waals surface area (Å²) >= 11 is 1.61. The van der Waals surface area contributed by atoms with E-state index in [1.54, 1.807) is 35.8 Å². The second-order valence-electron chi connectivity index (χ2n) is 5.38. The van der Waals surface area contributed by atoms with Gasteiger partial charge in [-0.2, -0.15) is 5.10 Å². The summed E-state index contributed by atoms with van der Waals surface area (Å²) in [4.78, 5) is 13.5. The van der Waals surface area contributed by atoms with Gasteiger partial charge >= 0.3 is 0 Å². The molecule has 0 saturated carbocycles. The van der Waals surface area contributed by atoms with Crippen LogP contribution in [0.4, 0.5) is 0 Å². The number of ether oxygens (including phenoxy) is 1. The van der Waals surface area contributed by atoms with E-state index in [0.717, 1.165) is 16.1 Å². The number of nitrogens with zero attached hydrogens (tertiary/aromatic N) is 2. The number of hydrogen-bond donors (Lipinski definition) is 1. The molecule has 0 spiro atoms. The molecule has 0 saturated heterocycles. The Balaban J connectivity index is 1.68. The van der Waals surface area contributed by atoms with Crippen LogP contribution in [-0.4, -0.2) is 29.1 Å². The van der Waals surface area contributed by atoms with Crippen LogP contribution in [0.2, 0.25) is 0 Å². The number of carbonyl (C=O) groups excluding carboxylic acids is 1. The van der Waals surface area contributed by atoms with Crippen molar-refractivity contribution in [1.29, 1.82) is 0 Å². The monoisotopic (exact) mass is 353 g/mol. The van der Waals surface area contributed by atoms with Gasteiger partial charge in [-0.1, -0.05) is 18.2 Å². The Hall–Kier alpha value is -2.73. The second kappa shape index (κ2) is 7.90. The summed E-state index contributed by atoms with van der Waals surface area (Å²) in [7, 11) is 1.57. The molecule has 5 nitrogen and oxygen atoms in total. The summed E-state index contributed by atoms with van der Waals surface area (Å²) < 4.78 is 7.12. The molecule has 0 aliphatic rings. The molecule has 128 valence electrons. The molecule has 0 aliphatic heterocycles. The number of thioether (sulfide) groups is 1. The van der Waals surface area contributed by atoms with Crippen molar-refractivity contribution < 1.29 is 9.53 Å². The fourth-order valence-corrected chi connectivity index (χ4v) is 2.87. The molecule has 1 N–H and O–H groups in total. The van der Waals surface area contributed by atoms with Gasteiger partial charge in [0.15, 0.2) is 0 Å². The molecule has 0 unspecified atom stereocenters. The van der Waals surface area contributed by atoms with Crippen molar-refractivity contribution >= 4 is 17.7 Å². The molecule has 2 aromatic carbocycles. The maximum atomic E-state index is 12.4. The molecule has 0 fully saturated rings. The van der Waals surface area contributed by atoms with Crippen LogP contribution in [0, 0.1) is 0 Å². The molecule has 0 bridgehead atoms. The third-order valence-electron chi connectivity index (χ3n) is 3.76. The van der Waals surface area contributed by atoms with Crippen LogP contribution in [-0.2, 0) is 6.54 Å². The van der Waals surface area contributed by atoms with Gasteiger partial charge in [-0.3, -0.25) is 4.79 Å². The lowest BCUT2D eigenvalue weighted by atomic mass is 10.2. The number of benzene rings is 2. The highest BCUT2D eigenvalue weighted by atomic mass is 32.2. The largest absolute Gasteiger partial charge is 0.496 e. The van der Waals surface area contributed by atoms with Crippen molar-refractivity contribution in [2.75, 3.05) is 13.4 Å². The predicted octanol–water partition coefficient (Wildman–Crippen LogP) is 3.53. The predicted molar refractivity (Wildman–Crippen MR) is 99.5 cm³/mol. The summed E-state index contributed by atoms with van der Waals surface area (Å²) in [5, 5.41) is 7.24. The van der Waals surface area contributed by atoms with Gasteiger partial charge in [0.1, 0.15) is 5.75 Å². The normalized spacial score (nSPS) is 10.5. The average Bonchev–Trinajstić information content (AvgIpc) is 3.15. The average molecular weight is 353 g/mol. The van der Waals surface area contributed by atoms with Crippen molar-refractivity contribution in [1.82, 2.24) is 15.1 Å². The maximum absolute atomic E-state index is 12.4. The first-order valence-corrected chi connectivity index (χ1v) is 9.03. The number of carbonyl (C=O) groups is 1. The molecule has 6 heteroatoms. The van der Waals surface area contributed by atoms with Crippen LogP contribution < -0.4 is 10.1 Å². The van der Waals surface area contributed by atoms with Crippen LogP contribution in [0.15, 0.2) is 65.8 Å². The summed E-state index contributed by atoms with van der Waals surface area (Å²) in [6, 6.07) is 15.4. The van der Waals surface area contributed by atoms with E-state index in [0.29, 0.717) is 17.9 Å². The smallest absolute Gasteiger partial charge is 0.255 e. The van der Waals surface area contributed by atoms with E-state index < -0.39 is 0 Å². The second-order valence-corrected chi connectivity index (χ2v) is 6.26. The SMILES string of the molecule is COc1cc(SC)ccc1C(=O)NCc1cnn(-c2ccccc2)c1. The molecule has 3 aromatic rings. The minimum atomic E-state index is -0.169. The minimum absolute atomic E-state index is 0.169. The number of hydrogen-bond acceptors (Lipinski definition) is 4. The van der Waals surface area contributed by atoms with E-state index in [4.69, 9.17) is 4.74 Å². The quantitative estimate of drug-likeness (QED) is 0.689. The van der Waals surface area contributed by atoms with E-state index in [-0.39, 0.29) is 5.91 Å². The van der Waals surface area contributed by atoms with E-state index >= 15 is 0 Å². The molecule has 1 heterocycles. The molecule has 25 heavy (non-hydrogen) atoms. The molecule has 3 rings (SSSR count). The summed E-state index contributed by atoms with van der Waals surface area (Å²) in [5.74, 6) is 0.404. The Morgan fingerprint density at radius 1 is 1.24 bits per heavy atom. The zero-order valence-corrected chi connectivity index (χ0v) is 14.9. The number of aromatic nitrogens is 2. The molecule has 1 aromatic heterocycles. The summed E-state index contributed by atoms with van der Waals surface area (Å²) in [6.07, 6.45) is 5.64. The Morgan fingerprint density at radius 3 is 2.76 bits per heavy atom. The Kier molecular flexibility index (Phi) is 5.40. The van der Waals surface area contributed by atoms with Gasteiger partial charge in [0.25, 0.3) is 5.91 Å². The van der Waals surface area contributed by atoms with E-state index in [1.807, 2.05) is 54.9 Å². The number of methoxy groups -OCH3 is 1. The van der Waals surface area contributed by atoms with Crippen LogP contribution in [0.1, 0.15) is 15.9 Å². The van der Waals surface area contributed by atoms with Crippen LogP contribution >= 0.6 is 11.8 Å². The van der Waals surface area contributed by atoms with Crippen molar-refractivity contribution in [2.24, 2.45) is 0 Å². The van der Waals surface area contributed by atoms with Crippen molar-refractivity contribution in [3.63, 3.8) is 0 Å². The van der Waals surface area contributed by atoms with Crippen LogP contribution in [0.5, 0.6) is 5.75 Å². The number of amides is 1. The first-order chi connectivity index (χ1) is 12.2. The Bertz CT molecular complexity index is 862. The standard InChI is InChI=1S/C19H19N3O2S/c1-24-18-10-16(25-2)8-9-17(18)19(23)20-11-14-12-21-22(13-14)15-6-4-3-5-7-15/h3-10,12-13H,11H2,1-2H3,(H,20,23). The molecular weight excluding hydrogens is 334 g/mol. The van der Waals surface area contributed by atoms with Gasteiger partial charge in [0.05, 0.1) is 24.6 Å². The van der Waals surface area contributed by atoms with Crippen LogP contribution in [0.25, 0.3) is 5.69 Å². The first-order valence-electron chi connectivity index (χ1n) is 7.80. The minimum Gasteiger partial charge on any atom is -0.496 e. The van der Waals surface area contributed by atoms with Gasteiger partial charge < -0.3 is 10.1 Å². The highest BCUT2D eigenvalue weighted by molar-refractivity contribution is 7.98. The topological polar surface area (TPSA) is 56.1 Å². The molecule has 0 aliphatic carbocycles. The number of nitrogens with one attached hydrogen (secondary N) is 1. The first kappa shape index (κ1) is 17.1. The van der Waals surface area contributed by atoms with Gasteiger partial charge in [-0.25, -0.2) is 4.68 Å². The third kappa shape index (κ3) is 4.03. The van der Waals surface area contributed by atoms with Gasteiger partial charge in [0, 0.05) is 23.2 Å². The van der Waals surface area contributed by atoms with E-state index in [9.17, 15) is 4.79 Å². The molecule has 0 radical (unpaired) electrons. The van der Waals surface area contributed by atoms with E-state index in [1.165, 1.54) is 0 Å². The fraction of sp³-hybridized carbons (Fsp3) is 0.158. The number of rotatable bonds is 6. The lowest BCUT2D eigenvalue weighted by Crippen LogP contribution is -2.23. The van der Waals surface area contributed by atoms with Gasteiger partial charge in [0.2, 0.25) is 0 Å². The van der Waals surface area contributed by atoms with Gasteiger partial charge in [-0.15, -0.1) is 11.8 Å². The highest BCUT2D eigenvalue weighted by Gasteiger charge is 2.13. The van der Waals surface area contributed by atoms with Gasteiger partial charge in [-0.05, 0) is 36.6 Å². The summed E-state index contributed by atoms with van der Waals surface area (Å²) in [5.41, 5.74) is 2.43. The Morgan fingerprint density at radius 2 is 2.04 bits per heavy atom. The molecule has 1 amide bonds. The number of para-hydroxylation sites is 1. The fourth-order valence-electron chi connectivity index (χ4n) is 2.44. The Labute approximate surface area is 151 Å². The molecule has 0 atom stereocenters. The van der Waals surface area contributed by atoms with Crippen molar-refractivity contribution in [3.8, 4) is 11.4 Å². The lowest BCUT2D eigenvalue weighted by molar-refractivity contribution is 0.0948.